The van der Waals surface area contributed by atoms with Crippen molar-refractivity contribution in [2.75, 3.05) is 11.4 Å². The molecule has 0 atom stereocenters. The first kappa shape index (κ1) is 10.7. The summed E-state index contributed by atoms with van der Waals surface area (Å²) in [4.78, 5) is 13.5. The van der Waals surface area contributed by atoms with Crippen LogP contribution in [0.5, 0.6) is 0 Å². The SMILES string of the molecule is Cc1cccc(N2CCCCC2=O)c1C#N. The fraction of sp³-hybridized carbons (Fsp3) is 0.385. The second-order valence-electron chi connectivity index (χ2n) is 4.08. The fourth-order valence-electron chi connectivity index (χ4n) is 2.08. The molecule has 16 heavy (non-hydrogen) atoms. The summed E-state index contributed by atoms with van der Waals surface area (Å²) in [5, 5.41) is 9.13. The number of piperidine rings is 1. The Hall–Kier alpha value is -1.82. The minimum absolute atomic E-state index is 0.133. The predicted octanol–water partition coefficient (Wildman–Crippen LogP) is 2.38. The van der Waals surface area contributed by atoms with Crippen molar-refractivity contribution in [3.8, 4) is 6.07 Å². The van der Waals surface area contributed by atoms with Gasteiger partial charge in [0.25, 0.3) is 0 Å². The molecule has 1 saturated heterocycles. The van der Waals surface area contributed by atoms with Crippen molar-refractivity contribution in [2.24, 2.45) is 0 Å². The third kappa shape index (κ3) is 1.79. The van der Waals surface area contributed by atoms with Crippen LogP contribution in [0.25, 0.3) is 0 Å². The molecule has 1 amide bonds. The van der Waals surface area contributed by atoms with E-state index >= 15 is 0 Å². The third-order valence-electron chi connectivity index (χ3n) is 2.98. The summed E-state index contributed by atoms with van der Waals surface area (Å²) < 4.78 is 0. The van der Waals surface area contributed by atoms with Crippen LogP contribution in [0.3, 0.4) is 0 Å². The number of aryl methyl sites for hydroxylation is 1. The molecule has 0 saturated carbocycles. The number of amides is 1. The quantitative estimate of drug-likeness (QED) is 0.720. The molecule has 3 nitrogen and oxygen atoms in total. The molecule has 82 valence electrons. The Morgan fingerprint density at radius 3 is 2.88 bits per heavy atom. The van der Waals surface area contributed by atoms with Gasteiger partial charge >= 0.3 is 0 Å². The maximum Gasteiger partial charge on any atom is 0.227 e. The first-order valence-corrected chi connectivity index (χ1v) is 5.54. The summed E-state index contributed by atoms with van der Waals surface area (Å²) in [7, 11) is 0. The van der Waals surface area contributed by atoms with E-state index < -0.39 is 0 Å². The Morgan fingerprint density at radius 1 is 1.38 bits per heavy atom. The Kier molecular flexibility index (Phi) is 2.91. The second kappa shape index (κ2) is 4.36. The highest BCUT2D eigenvalue weighted by molar-refractivity contribution is 5.95. The lowest BCUT2D eigenvalue weighted by atomic mass is 10.0. The van der Waals surface area contributed by atoms with Gasteiger partial charge in [0.1, 0.15) is 6.07 Å². The summed E-state index contributed by atoms with van der Waals surface area (Å²) in [6, 6.07) is 7.84. The van der Waals surface area contributed by atoms with Gasteiger partial charge in [0, 0.05) is 13.0 Å². The van der Waals surface area contributed by atoms with Gasteiger partial charge in [-0.3, -0.25) is 4.79 Å². The van der Waals surface area contributed by atoms with Crippen molar-refractivity contribution in [3.63, 3.8) is 0 Å². The van der Waals surface area contributed by atoms with Gasteiger partial charge in [-0.2, -0.15) is 5.26 Å². The lowest BCUT2D eigenvalue weighted by Gasteiger charge is -2.27. The maximum absolute atomic E-state index is 11.8. The van der Waals surface area contributed by atoms with Gasteiger partial charge in [0.2, 0.25) is 5.91 Å². The minimum atomic E-state index is 0.133. The number of nitrogens with zero attached hydrogens (tertiary/aromatic N) is 2. The number of hydrogen-bond acceptors (Lipinski definition) is 2. The van der Waals surface area contributed by atoms with E-state index in [9.17, 15) is 4.79 Å². The normalized spacial score (nSPS) is 16.0. The molecule has 3 heteroatoms. The summed E-state index contributed by atoms with van der Waals surface area (Å²) in [5.74, 6) is 0.133. The molecule has 1 aromatic carbocycles. The van der Waals surface area contributed by atoms with Gasteiger partial charge in [0.15, 0.2) is 0 Å². The monoisotopic (exact) mass is 214 g/mol. The highest BCUT2D eigenvalue weighted by Gasteiger charge is 2.22. The molecule has 0 radical (unpaired) electrons. The van der Waals surface area contributed by atoms with Gasteiger partial charge in [-0.05, 0) is 31.4 Å². The number of anilines is 1. The Morgan fingerprint density at radius 2 is 2.19 bits per heavy atom. The van der Waals surface area contributed by atoms with E-state index in [0.29, 0.717) is 12.0 Å². The molecule has 0 bridgehead atoms. The van der Waals surface area contributed by atoms with Crippen LogP contribution in [0.1, 0.15) is 30.4 Å². The van der Waals surface area contributed by atoms with Crippen molar-refractivity contribution in [1.82, 2.24) is 0 Å². The molecule has 1 aliphatic heterocycles. The molecule has 1 heterocycles. The lowest BCUT2D eigenvalue weighted by molar-refractivity contribution is -0.119. The van der Waals surface area contributed by atoms with Crippen LogP contribution in [0.2, 0.25) is 0 Å². The zero-order valence-corrected chi connectivity index (χ0v) is 9.36. The van der Waals surface area contributed by atoms with Crippen molar-refractivity contribution < 1.29 is 4.79 Å². The number of rotatable bonds is 1. The van der Waals surface area contributed by atoms with Crippen molar-refractivity contribution >= 4 is 11.6 Å². The molecule has 0 aromatic heterocycles. The smallest absolute Gasteiger partial charge is 0.227 e. The first-order valence-electron chi connectivity index (χ1n) is 5.54. The van der Waals surface area contributed by atoms with Gasteiger partial charge < -0.3 is 4.90 Å². The molecule has 2 rings (SSSR count). The number of nitriles is 1. The van der Waals surface area contributed by atoms with E-state index in [1.54, 1.807) is 4.90 Å². The molecule has 0 N–H and O–H groups in total. The Bertz CT molecular complexity index is 459. The van der Waals surface area contributed by atoms with E-state index in [2.05, 4.69) is 6.07 Å². The molecule has 1 fully saturated rings. The van der Waals surface area contributed by atoms with Crippen molar-refractivity contribution in [2.45, 2.75) is 26.2 Å². The number of carbonyl (C=O) groups excluding carboxylic acids is 1. The predicted molar refractivity (Wildman–Crippen MR) is 62.1 cm³/mol. The van der Waals surface area contributed by atoms with Crippen LogP contribution < -0.4 is 4.90 Å². The summed E-state index contributed by atoms with van der Waals surface area (Å²) in [6.45, 7) is 2.63. The van der Waals surface area contributed by atoms with Gasteiger partial charge in [0.05, 0.1) is 11.3 Å². The van der Waals surface area contributed by atoms with Crippen LogP contribution in [0, 0.1) is 18.3 Å². The van der Waals surface area contributed by atoms with Crippen LogP contribution in [0.4, 0.5) is 5.69 Å². The molecule has 0 unspecified atom stereocenters. The van der Waals surface area contributed by atoms with E-state index in [1.165, 1.54) is 0 Å². The van der Waals surface area contributed by atoms with Gasteiger partial charge in [-0.25, -0.2) is 0 Å². The van der Waals surface area contributed by atoms with Crippen LogP contribution in [-0.4, -0.2) is 12.5 Å². The highest BCUT2D eigenvalue weighted by Crippen LogP contribution is 2.26. The standard InChI is InChI=1S/C13H14N2O/c1-10-5-4-6-12(11(10)9-14)15-8-3-2-7-13(15)16/h4-6H,2-3,7-8H2,1H3. The lowest BCUT2D eigenvalue weighted by Crippen LogP contribution is -2.35. The first-order chi connectivity index (χ1) is 7.74. The zero-order chi connectivity index (χ0) is 11.5. The molecule has 1 aliphatic rings. The fourth-order valence-corrected chi connectivity index (χ4v) is 2.08. The van der Waals surface area contributed by atoms with E-state index in [1.807, 2.05) is 25.1 Å². The average molecular weight is 214 g/mol. The Balaban J connectivity index is 2.43. The molecule has 1 aromatic rings. The van der Waals surface area contributed by atoms with Crippen molar-refractivity contribution in [3.05, 3.63) is 29.3 Å². The minimum Gasteiger partial charge on any atom is -0.311 e. The number of carbonyl (C=O) groups is 1. The summed E-state index contributed by atoms with van der Waals surface area (Å²) >= 11 is 0. The largest absolute Gasteiger partial charge is 0.311 e. The highest BCUT2D eigenvalue weighted by atomic mass is 16.2. The zero-order valence-electron chi connectivity index (χ0n) is 9.36. The summed E-state index contributed by atoms with van der Waals surface area (Å²) in [5.41, 5.74) is 2.32. The average Bonchev–Trinajstić information content (AvgIpc) is 2.29. The van der Waals surface area contributed by atoms with Crippen LogP contribution >= 0.6 is 0 Å². The molecule has 0 spiro atoms. The van der Waals surface area contributed by atoms with Gasteiger partial charge in [-0.15, -0.1) is 0 Å². The topological polar surface area (TPSA) is 44.1 Å². The molecular weight excluding hydrogens is 200 g/mol. The van der Waals surface area contributed by atoms with Crippen molar-refractivity contribution in [1.29, 1.82) is 5.26 Å². The van der Waals surface area contributed by atoms with Gasteiger partial charge in [-0.1, -0.05) is 12.1 Å². The van der Waals surface area contributed by atoms with Crippen LogP contribution in [-0.2, 0) is 4.79 Å². The van der Waals surface area contributed by atoms with E-state index in [-0.39, 0.29) is 5.91 Å². The molecular formula is C13H14N2O. The van der Waals surface area contributed by atoms with E-state index in [0.717, 1.165) is 30.6 Å². The molecule has 0 aliphatic carbocycles. The van der Waals surface area contributed by atoms with E-state index in [4.69, 9.17) is 5.26 Å². The third-order valence-corrected chi connectivity index (χ3v) is 2.98. The Labute approximate surface area is 95.3 Å². The van der Waals surface area contributed by atoms with Crippen LogP contribution in [0.15, 0.2) is 18.2 Å². The number of hydrogen-bond donors (Lipinski definition) is 0. The maximum atomic E-state index is 11.8. The number of benzene rings is 1. The summed E-state index contributed by atoms with van der Waals surface area (Å²) in [6.07, 6.45) is 2.58. The second-order valence-corrected chi connectivity index (χ2v) is 4.08.